The Labute approximate surface area is 257 Å². The van der Waals surface area contributed by atoms with Crippen molar-refractivity contribution in [3.05, 3.63) is 106 Å². The van der Waals surface area contributed by atoms with Crippen LogP contribution in [0.15, 0.2) is 77.2 Å². The third kappa shape index (κ3) is 8.71. The summed E-state index contributed by atoms with van der Waals surface area (Å²) in [6.07, 6.45) is 2.11. The van der Waals surface area contributed by atoms with Crippen molar-refractivity contribution in [2.24, 2.45) is 0 Å². The van der Waals surface area contributed by atoms with Crippen molar-refractivity contribution >= 4 is 54.1 Å². The van der Waals surface area contributed by atoms with E-state index in [2.05, 4.69) is 5.32 Å². The number of carboxylic acids is 1. The van der Waals surface area contributed by atoms with E-state index in [9.17, 15) is 23.5 Å². The molecule has 210 valence electrons. The number of hydrogen-bond acceptors (Lipinski definition) is 5. The van der Waals surface area contributed by atoms with Crippen LogP contribution in [-0.2, 0) is 22.7 Å². The Morgan fingerprint density at radius 3 is 2.39 bits per heavy atom. The van der Waals surface area contributed by atoms with Crippen LogP contribution < -0.4 is 5.32 Å². The summed E-state index contributed by atoms with van der Waals surface area (Å²) in [7, 11) is 0. The molecule has 0 unspecified atom stereocenters. The summed E-state index contributed by atoms with van der Waals surface area (Å²) in [5.74, 6) is -0.858. The molecular weight excluding hydrogens is 567 g/mol. The van der Waals surface area contributed by atoms with Crippen LogP contribution in [0.4, 0.5) is 8.78 Å². The molecule has 0 spiro atoms. The molecule has 0 saturated heterocycles. The molecule has 0 radical (unpaired) electrons. The minimum absolute atomic E-state index is 0. The van der Waals surface area contributed by atoms with E-state index in [-0.39, 0.29) is 54.9 Å². The maximum atomic E-state index is 13.8. The van der Waals surface area contributed by atoms with Gasteiger partial charge in [0.05, 0.1) is 11.6 Å². The number of halogens is 3. The number of amides is 1. The summed E-state index contributed by atoms with van der Waals surface area (Å²) in [5.41, 5.74) is 2.47. The van der Waals surface area contributed by atoms with Crippen LogP contribution >= 0.6 is 23.4 Å². The van der Waals surface area contributed by atoms with Gasteiger partial charge in [-0.05, 0) is 96.3 Å². The SMILES string of the molecule is CSCC[C@H](NC(=O)c1ccc(COCc2ccc(-c3ccc(F)cc3)o2)cc1-c1ccc(F)cc1Cl)C(=O)O.[LiH]. The number of rotatable bonds is 12. The molecule has 0 aliphatic rings. The van der Waals surface area contributed by atoms with Crippen molar-refractivity contribution < 1.29 is 32.6 Å². The summed E-state index contributed by atoms with van der Waals surface area (Å²) < 4.78 is 38.6. The summed E-state index contributed by atoms with van der Waals surface area (Å²) in [6, 6.07) is 17.3. The topological polar surface area (TPSA) is 88.8 Å². The molecule has 6 nitrogen and oxygen atoms in total. The second kappa shape index (κ2) is 15.2. The molecular formula is C30H27ClF2LiNO5S. The fraction of sp³-hybridized carbons (Fsp3) is 0.200. The molecule has 2 N–H and O–H groups in total. The van der Waals surface area contributed by atoms with Gasteiger partial charge in [0.15, 0.2) is 0 Å². The van der Waals surface area contributed by atoms with Gasteiger partial charge in [-0.1, -0.05) is 17.7 Å². The first kappa shape index (κ1) is 32.5. The van der Waals surface area contributed by atoms with Crippen LogP contribution in [0.5, 0.6) is 0 Å². The van der Waals surface area contributed by atoms with E-state index in [1.807, 2.05) is 6.26 Å². The average molecular weight is 594 g/mol. The number of nitrogens with one attached hydrogen (secondary N) is 1. The van der Waals surface area contributed by atoms with E-state index in [4.69, 9.17) is 20.8 Å². The van der Waals surface area contributed by atoms with Crippen LogP contribution in [0.25, 0.3) is 22.5 Å². The number of thioether (sulfide) groups is 1. The van der Waals surface area contributed by atoms with Gasteiger partial charge in [0.2, 0.25) is 0 Å². The number of carbonyl (C=O) groups is 2. The van der Waals surface area contributed by atoms with E-state index in [1.165, 1.54) is 36.0 Å². The van der Waals surface area contributed by atoms with Crippen LogP contribution in [0.2, 0.25) is 5.02 Å². The Morgan fingerprint density at radius 1 is 0.976 bits per heavy atom. The molecule has 1 amide bonds. The number of ether oxygens (including phenoxy) is 1. The number of benzene rings is 3. The molecule has 0 bridgehead atoms. The van der Waals surface area contributed by atoms with Crippen molar-refractivity contribution in [2.75, 3.05) is 12.0 Å². The van der Waals surface area contributed by atoms with Crippen molar-refractivity contribution in [1.29, 1.82) is 0 Å². The third-order valence-electron chi connectivity index (χ3n) is 6.07. The maximum absolute atomic E-state index is 13.8. The van der Waals surface area contributed by atoms with Crippen molar-refractivity contribution in [3.8, 4) is 22.5 Å². The van der Waals surface area contributed by atoms with E-state index >= 15 is 0 Å². The van der Waals surface area contributed by atoms with Gasteiger partial charge in [-0.15, -0.1) is 0 Å². The second-order valence-corrected chi connectivity index (χ2v) is 10.3. The predicted molar refractivity (Wildman–Crippen MR) is 158 cm³/mol. The molecule has 4 rings (SSSR count). The summed E-state index contributed by atoms with van der Waals surface area (Å²) in [6.45, 7) is 0.317. The minimum atomic E-state index is -1.13. The van der Waals surface area contributed by atoms with Crippen LogP contribution in [0, 0.1) is 11.6 Å². The van der Waals surface area contributed by atoms with Crippen LogP contribution in [0.1, 0.15) is 28.1 Å². The zero-order valence-corrected chi connectivity index (χ0v) is 23.0. The van der Waals surface area contributed by atoms with Crippen molar-refractivity contribution in [1.82, 2.24) is 5.32 Å². The Hall–Kier alpha value is -3.06. The molecule has 3 aromatic carbocycles. The molecule has 11 heteroatoms. The molecule has 1 aromatic heterocycles. The van der Waals surface area contributed by atoms with Crippen molar-refractivity contribution in [3.63, 3.8) is 0 Å². The van der Waals surface area contributed by atoms with E-state index in [0.29, 0.717) is 34.0 Å². The van der Waals surface area contributed by atoms with Gasteiger partial charge in [0.1, 0.15) is 35.8 Å². The zero-order valence-electron chi connectivity index (χ0n) is 21.5. The van der Waals surface area contributed by atoms with Gasteiger partial charge in [-0.25, -0.2) is 13.6 Å². The number of carbonyl (C=O) groups excluding carboxylic acids is 1. The summed E-state index contributed by atoms with van der Waals surface area (Å²) >= 11 is 7.81. The molecule has 0 aliphatic heterocycles. The first-order valence-corrected chi connectivity index (χ1v) is 14.1. The molecule has 1 atom stereocenters. The van der Waals surface area contributed by atoms with Crippen molar-refractivity contribution in [2.45, 2.75) is 25.7 Å². The van der Waals surface area contributed by atoms with Gasteiger partial charge in [0, 0.05) is 16.7 Å². The zero-order chi connectivity index (χ0) is 28.6. The average Bonchev–Trinajstić information content (AvgIpc) is 3.40. The Bertz CT molecular complexity index is 1500. The number of hydrogen-bond donors (Lipinski definition) is 2. The second-order valence-electron chi connectivity index (χ2n) is 8.92. The number of aliphatic carboxylic acids is 1. The van der Waals surface area contributed by atoms with E-state index in [1.54, 1.807) is 42.5 Å². The van der Waals surface area contributed by atoms with Gasteiger partial charge >= 0.3 is 24.8 Å². The van der Waals surface area contributed by atoms with E-state index < -0.39 is 23.7 Å². The predicted octanol–water partition coefficient (Wildman–Crippen LogP) is 6.55. The standard InChI is InChI=1S/C30H26ClF2NO5S.Li.H/c1-40-13-12-27(30(36)37)34-29(35)24-9-2-18(14-25(24)23-10-7-21(33)15-26(23)31)16-38-17-22-8-11-28(39-22)19-3-5-20(32)6-4-19;;/h2-11,14-15,27H,12-13,16-17H2,1H3,(H,34,35)(H,36,37);;/t27-;;/m0../s1. The Morgan fingerprint density at radius 2 is 1.71 bits per heavy atom. The third-order valence-corrected chi connectivity index (χ3v) is 7.02. The fourth-order valence-electron chi connectivity index (χ4n) is 4.03. The first-order chi connectivity index (χ1) is 19.2. The molecule has 0 fully saturated rings. The molecule has 4 aromatic rings. The van der Waals surface area contributed by atoms with Gasteiger partial charge in [-0.3, -0.25) is 4.79 Å². The molecule has 0 aliphatic carbocycles. The molecule has 1 heterocycles. The van der Waals surface area contributed by atoms with E-state index in [0.717, 1.165) is 11.6 Å². The number of carboxylic acid groups (broad SMARTS) is 1. The van der Waals surface area contributed by atoms with Gasteiger partial charge in [0.25, 0.3) is 5.91 Å². The Kier molecular flexibility index (Phi) is 12.1. The van der Waals surface area contributed by atoms with Crippen LogP contribution in [-0.4, -0.2) is 53.9 Å². The molecule has 0 saturated carbocycles. The van der Waals surface area contributed by atoms with Crippen LogP contribution in [0.3, 0.4) is 0 Å². The number of furan rings is 1. The monoisotopic (exact) mass is 593 g/mol. The summed E-state index contributed by atoms with van der Waals surface area (Å²) in [4.78, 5) is 24.9. The van der Waals surface area contributed by atoms with Gasteiger partial charge in [-0.2, -0.15) is 11.8 Å². The normalized spacial score (nSPS) is 11.5. The quantitative estimate of drug-likeness (QED) is 0.181. The van der Waals surface area contributed by atoms with Gasteiger partial charge < -0.3 is 19.6 Å². The first-order valence-electron chi connectivity index (χ1n) is 12.3. The molecule has 41 heavy (non-hydrogen) atoms. The fourth-order valence-corrected chi connectivity index (χ4v) is 4.77. The summed E-state index contributed by atoms with van der Waals surface area (Å²) in [5, 5.41) is 12.2. The Balaban J connectivity index is 0.00000462.